The van der Waals surface area contributed by atoms with Crippen LogP contribution in [-0.2, 0) is 13.0 Å². The van der Waals surface area contributed by atoms with Crippen molar-refractivity contribution in [3.05, 3.63) is 59.2 Å². The molecule has 0 bridgehead atoms. The van der Waals surface area contributed by atoms with E-state index >= 15 is 0 Å². The van der Waals surface area contributed by atoms with Crippen molar-refractivity contribution in [2.75, 3.05) is 13.1 Å². The first-order valence-electron chi connectivity index (χ1n) is 10.1. The Balaban J connectivity index is 0.00000150. The summed E-state index contributed by atoms with van der Waals surface area (Å²) in [7, 11) is 0. The molecule has 0 aliphatic heterocycles. The smallest absolute Gasteiger partial charge is 0.121 e. The Kier molecular flexibility index (Phi) is 10.2. The number of aryl methyl sites for hydroxylation is 2. The minimum Gasteiger partial charge on any atom is -0.341 e. The molecule has 0 amide bonds. The van der Waals surface area contributed by atoms with E-state index in [1.165, 1.54) is 23.2 Å². The predicted octanol–water partition coefficient (Wildman–Crippen LogP) is 5.79. The highest BCUT2D eigenvalue weighted by Crippen LogP contribution is 2.34. The normalized spacial score (nSPS) is 15.1. The zero-order chi connectivity index (χ0) is 18.6. The molecule has 0 fully saturated rings. The number of imidazole rings is 1. The van der Waals surface area contributed by atoms with Gasteiger partial charge in [0, 0.05) is 6.20 Å². The van der Waals surface area contributed by atoms with Gasteiger partial charge in [-0.25, -0.2) is 4.98 Å². The van der Waals surface area contributed by atoms with Crippen LogP contribution in [0, 0.1) is 6.92 Å². The number of rotatable bonds is 7. The molecule has 1 aliphatic rings. The number of aromatic nitrogens is 3. The second-order valence-corrected chi connectivity index (χ2v) is 7.58. The lowest BCUT2D eigenvalue weighted by Crippen LogP contribution is -2.33. The van der Waals surface area contributed by atoms with Gasteiger partial charge in [0.25, 0.3) is 0 Å². The number of hydrogen-bond donors (Lipinski definition) is 2. The van der Waals surface area contributed by atoms with Gasteiger partial charge in [-0.05, 0) is 75.4 Å². The number of hydrogen-bond acceptors (Lipinski definition) is 4. The second-order valence-electron chi connectivity index (χ2n) is 7.58. The van der Waals surface area contributed by atoms with Gasteiger partial charge in [-0.1, -0.05) is 40.5 Å². The molecular formula is C25H41N5. The summed E-state index contributed by atoms with van der Waals surface area (Å²) in [5.74, 6) is 1.04. The largest absolute Gasteiger partial charge is 0.341 e. The summed E-state index contributed by atoms with van der Waals surface area (Å²) >= 11 is 0. The summed E-state index contributed by atoms with van der Waals surface area (Å²) < 4.78 is 0. The van der Waals surface area contributed by atoms with Crippen LogP contribution in [-0.4, -0.2) is 32.9 Å². The van der Waals surface area contributed by atoms with Crippen molar-refractivity contribution < 1.29 is 0 Å². The van der Waals surface area contributed by atoms with E-state index in [4.69, 9.17) is 15.7 Å². The van der Waals surface area contributed by atoms with Crippen molar-refractivity contribution >= 4 is 11.0 Å². The van der Waals surface area contributed by atoms with Gasteiger partial charge < -0.3 is 10.7 Å². The molecule has 0 saturated carbocycles. The maximum Gasteiger partial charge on any atom is 0.121 e. The summed E-state index contributed by atoms with van der Waals surface area (Å²) in [6.07, 6.45) is 7.60. The van der Waals surface area contributed by atoms with Crippen molar-refractivity contribution in [2.24, 2.45) is 5.73 Å². The molecule has 3 aromatic rings. The molecule has 1 atom stereocenters. The quantitative estimate of drug-likeness (QED) is 0.483. The number of unbranched alkanes of at least 4 members (excludes halogenated alkanes) is 1. The standard InChI is InChI=1S/C22H29N5.3CH4/c1-16-7-4-10-18-21(16)26-20(25-18)15-27(14-3-2-12-23)19-11-5-8-17-9-6-13-24-22(17)19;;;/h4,6-7,9-10,13,19H,2-3,5,8,11-12,14-15,23H2,1H3,(H,25,26);3*1H4/t19-;;;/m0.../s1. The van der Waals surface area contributed by atoms with E-state index in [-0.39, 0.29) is 22.3 Å². The Labute approximate surface area is 183 Å². The first-order valence-corrected chi connectivity index (χ1v) is 10.1. The summed E-state index contributed by atoms with van der Waals surface area (Å²) in [6.45, 7) is 4.71. The molecule has 0 spiro atoms. The Morgan fingerprint density at radius 3 is 2.73 bits per heavy atom. The van der Waals surface area contributed by atoms with Crippen molar-refractivity contribution in [3.63, 3.8) is 0 Å². The van der Waals surface area contributed by atoms with E-state index in [2.05, 4.69) is 47.1 Å². The third kappa shape index (κ3) is 5.46. The van der Waals surface area contributed by atoms with E-state index in [0.29, 0.717) is 6.04 Å². The fourth-order valence-corrected chi connectivity index (χ4v) is 4.24. The van der Waals surface area contributed by atoms with Crippen molar-refractivity contribution in [3.8, 4) is 0 Å². The first kappa shape index (κ1) is 25.8. The van der Waals surface area contributed by atoms with E-state index in [1.54, 1.807) is 0 Å². The van der Waals surface area contributed by atoms with Crippen LogP contribution in [0.5, 0.6) is 0 Å². The van der Waals surface area contributed by atoms with Crippen LogP contribution in [0.15, 0.2) is 36.5 Å². The van der Waals surface area contributed by atoms with Gasteiger partial charge in [-0.2, -0.15) is 0 Å². The fraction of sp³-hybridized carbons (Fsp3) is 0.520. The lowest BCUT2D eigenvalue weighted by molar-refractivity contribution is 0.159. The number of aromatic amines is 1. The van der Waals surface area contributed by atoms with Crippen LogP contribution >= 0.6 is 0 Å². The molecule has 5 heteroatoms. The SMILES string of the molecule is C.C.C.Cc1cccc2[nH]c(CN(CCCCN)[C@H]3CCCc4cccnc43)nc12. The number of benzene rings is 1. The van der Waals surface area contributed by atoms with Crippen LogP contribution in [0.3, 0.4) is 0 Å². The van der Waals surface area contributed by atoms with Crippen LogP contribution in [0.4, 0.5) is 0 Å². The molecule has 4 rings (SSSR count). The fourth-order valence-electron chi connectivity index (χ4n) is 4.24. The van der Waals surface area contributed by atoms with Gasteiger partial charge >= 0.3 is 0 Å². The molecule has 0 radical (unpaired) electrons. The highest BCUT2D eigenvalue weighted by atomic mass is 15.2. The van der Waals surface area contributed by atoms with E-state index in [9.17, 15) is 0 Å². The third-order valence-corrected chi connectivity index (χ3v) is 5.62. The number of pyridine rings is 1. The van der Waals surface area contributed by atoms with Crippen molar-refractivity contribution in [2.45, 2.75) is 73.9 Å². The Morgan fingerprint density at radius 2 is 1.97 bits per heavy atom. The monoisotopic (exact) mass is 411 g/mol. The molecule has 2 aromatic heterocycles. The average molecular weight is 412 g/mol. The Bertz CT molecular complexity index is 901. The van der Waals surface area contributed by atoms with E-state index in [1.807, 2.05) is 6.20 Å². The molecule has 0 unspecified atom stereocenters. The number of nitrogens with one attached hydrogen (secondary N) is 1. The molecule has 2 heterocycles. The Morgan fingerprint density at radius 1 is 1.13 bits per heavy atom. The molecule has 30 heavy (non-hydrogen) atoms. The summed E-state index contributed by atoms with van der Waals surface area (Å²) in [5.41, 5.74) is 11.8. The van der Waals surface area contributed by atoms with Gasteiger partial charge in [0.05, 0.1) is 29.3 Å². The van der Waals surface area contributed by atoms with Gasteiger partial charge in [0.2, 0.25) is 0 Å². The third-order valence-electron chi connectivity index (χ3n) is 5.62. The zero-order valence-corrected chi connectivity index (χ0v) is 16.1. The minimum absolute atomic E-state index is 0. The summed E-state index contributed by atoms with van der Waals surface area (Å²) in [4.78, 5) is 15.7. The highest BCUT2D eigenvalue weighted by Gasteiger charge is 2.27. The Hall–Kier alpha value is -2.24. The van der Waals surface area contributed by atoms with Gasteiger partial charge in [-0.15, -0.1) is 0 Å². The van der Waals surface area contributed by atoms with E-state index < -0.39 is 0 Å². The van der Waals surface area contributed by atoms with Crippen molar-refractivity contribution in [1.82, 2.24) is 19.9 Å². The molecule has 0 saturated heterocycles. The molecule has 166 valence electrons. The number of fused-ring (bicyclic) bond motifs is 2. The van der Waals surface area contributed by atoms with Crippen LogP contribution < -0.4 is 5.73 Å². The zero-order valence-electron chi connectivity index (χ0n) is 16.1. The number of nitrogens with two attached hydrogens (primary N) is 1. The minimum atomic E-state index is 0. The molecule has 5 nitrogen and oxygen atoms in total. The predicted molar refractivity (Wildman–Crippen MR) is 130 cm³/mol. The lowest BCUT2D eigenvalue weighted by atomic mass is 9.90. The first-order chi connectivity index (χ1) is 13.3. The van der Waals surface area contributed by atoms with Gasteiger partial charge in [-0.3, -0.25) is 9.88 Å². The van der Waals surface area contributed by atoms with Crippen LogP contribution in [0.25, 0.3) is 11.0 Å². The van der Waals surface area contributed by atoms with Crippen molar-refractivity contribution in [1.29, 1.82) is 0 Å². The van der Waals surface area contributed by atoms with Crippen LogP contribution in [0.2, 0.25) is 0 Å². The number of nitrogens with zero attached hydrogens (tertiary/aromatic N) is 3. The summed E-state index contributed by atoms with van der Waals surface area (Å²) in [6, 6.07) is 11.0. The number of para-hydroxylation sites is 1. The molecule has 1 aliphatic carbocycles. The second kappa shape index (κ2) is 11.8. The molecular weight excluding hydrogens is 370 g/mol. The topological polar surface area (TPSA) is 70.8 Å². The van der Waals surface area contributed by atoms with Gasteiger partial charge in [0.1, 0.15) is 5.82 Å². The highest BCUT2D eigenvalue weighted by molar-refractivity contribution is 5.78. The number of H-pyrrole nitrogens is 1. The summed E-state index contributed by atoms with van der Waals surface area (Å²) in [5, 5.41) is 0. The molecule has 1 aromatic carbocycles. The van der Waals surface area contributed by atoms with Crippen LogP contribution in [0.1, 0.15) is 76.7 Å². The lowest BCUT2D eigenvalue weighted by Gasteiger charge is -2.34. The molecule has 3 N–H and O–H groups in total. The van der Waals surface area contributed by atoms with E-state index in [0.717, 1.165) is 62.2 Å². The average Bonchev–Trinajstić information content (AvgIpc) is 3.11. The maximum atomic E-state index is 5.74. The van der Waals surface area contributed by atoms with Gasteiger partial charge in [0.15, 0.2) is 0 Å². The maximum absolute atomic E-state index is 5.74.